The van der Waals surface area contributed by atoms with Gasteiger partial charge in [-0.3, -0.25) is 4.79 Å². The molecule has 4 heterocycles. The van der Waals surface area contributed by atoms with E-state index in [0.29, 0.717) is 17.5 Å². The van der Waals surface area contributed by atoms with Crippen LogP contribution < -0.4 is 5.32 Å². The minimum Gasteiger partial charge on any atom is -0.348 e. The van der Waals surface area contributed by atoms with Crippen LogP contribution in [0, 0.1) is 17.2 Å². The summed E-state index contributed by atoms with van der Waals surface area (Å²) in [4.78, 5) is 16.8. The minimum atomic E-state index is 0.0261. The van der Waals surface area contributed by atoms with Gasteiger partial charge in [-0.1, -0.05) is 11.8 Å². The first kappa shape index (κ1) is 16.6. The molecule has 3 aliphatic heterocycles. The number of nitrogens with zero attached hydrogens (tertiary/aromatic N) is 2. The lowest BCUT2D eigenvalue weighted by Crippen LogP contribution is -2.57. The molecule has 1 unspecified atom stereocenters. The maximum Gasteiger partial charge on any atom is 0.251 e. The molecule has 1 aromatic carbocycles. The Morgan fingerprint density at radius 1 is 1.20 bits per heavy atom. The van der Waals surface area contributed by atoms with E-state index in [-0.39, 0.29) is 5.91 Å². The molecule has 0 saturated carbocycles. The number of benzene rings is 1. The van der Waals surface area contributed by atoms with Crippen LogP contribution in [-0.2, 0) is 0 Å². The van der Waals surface area contributed by atoms with Crippen molar-refractivity contribution in [3.63, 3.8) is 0 Å². The van der Waals surface area contributed by atoms with Crippen molar-refractivity contribution in [3.8, 4) is 6.07 Å². The average Bonchev–Trinajstić information content (AvgIpc) is 3.11. The lowest BCUT2D eigenvalue weighted by atomic mass is 9.84. The summed E-state index contributed by atoms with van der Waals surface area (Å²) in [5.41, 5.74) is 0.713. The Morgan fingerprint density at radius 3 is 2.56 bits per heavy atom. The number of nitriles is 1. The van der Waals surface area contributed by atoms with Gasteiger partial charge in [0.2, 0.25) is 0 Å². The van der Waals surface area contributed by atoms with Crippen molar-refractivity contribution in [1.82, 2.24) is 10.2 Å². The molecule has 25 heavy (non-hydrogen) atoms. The number of nitrogens with one attached hydrogen (secondary N) is 1. The molecule has 0 spiro atoms. The molecule has 1 aromatic heterocycles. The van der Waals surface area contributed by atoms with E-state index in [4.69, 9.17) is 5.26 Å². The maximum absolute atomic E-state index is 12.5. The van der Waals surface area contributed by atoms with E-state index in [1.807, 2.05) is 36.4 Å². The second-order valence-corrected chi connectivity index (χ2v) is 9.03. The van der Waals surface area contributed by atoms with E-state index in [9.17, 15) is 4.79 Å². The van der Waals surface area contributed by atoms with Gasteiger partial charge in [-0.25, -0.2) is 0 Å². The summed E-state index contributed by atoms with van der Waals surface area (Å²) < 4.78 is 1.08. The summed E-state index contributed by atoms with van der Waals surface area (Å²) in [5.74, 6) is 0.662. The fourth-order valence-corrected chi connectivity index (χ4v) is 5.51. The predicted octanol–water partition coefficient (Wildman–Crippen LogP) is 3.59. The van der Waals surface area contributed by atoms with Gasteiger partial charge in [-0.15, -0.1) is 11.3 Å². The fourth-order valence-electron chi connectivity index (χ4n) is 3.61. The molecule has 1 amide bonds. The van der Waals surface area contributed by atoms with Crippen molar-refractivity contribution in [1.29, 1.82) is 5.26 Å². The average molecular weight is 370 g/mol. The molecule has 5 rings (SSSR count). The van der Waals surface area contributed by atoms with Gasteiger partial charge >= 0.3 is 0 Å². The van der Waals surface area contributed by atoms with Crippen molar-refractivity contribution in [2.24, 2.45) is 5.92 Å². The molecule has 0 aliphatic carbocycles. The molecule has 128 valence electrons. The summed E-state index contributed by atoms with van der Waals surface area (Å²) in [6, 6.07) is 14.0. The largest absolute Gasteiger partial charge is 0.348 e. The van der Waals surface area contributed by atoms with Crippen LogP contribution in [0.3, 0.4) is 0 Å². The molecule has 2 bridgehead atoms. The number of piperidine rings is 3. The van der Waals surface area contributed by atoms with Crippen molar-refractivity contribution in [3.05, 3.63) is 46.8 Å². The molecular weight excluding hydrogens is 350 g/mol. The zero-order chi connectivity index (χ0) is 17.2. The molecule has 6 heteroatoms. The third-order valence-electron chi connectivity index (χ3n) is 5.00. The Hall–Kier alpha value is -1.81. The molecular formula is C19H19N3OS2. The standard InChI is InChI=1S/C19H19N3OS2/c20-11-16-5-6-18(25-16)24-15-3-1-14(2-4-15)19(23)21-17-12-22-9-7-13(17)8-10-22/h1-6,13,17H,7-10,12H2,(H,21,23). The maximum atomic E-state index is 12.5. The number of hydrogen-bond acceptors (Lipinski definition) is 5. The molecule has 4 nitrogen and oxygen atoms in total. The quantitative estimate of drug-likeness (QED) is 0.895. The zero-order valence-electron chi connectivity index (χ0n) is 13.8. The predicted molar refractivity (Wildman–Crippen MR) is 100 cm³/mol. The molecule has 3 fully saturated rings. The Bertz CT molecular complexity index is 801. The van der Waals surface area contributed by atoms with Gasteiger partial charge in [-0.05, 0) is 68.2 Å². The van der Waals surface area contributed by atoms with E-state index in [2.05, 4.69) is 16.3 Å². The number of fused-ring (bicyclic) bond motifs is 3. The first-order valence-corrected chi connectivity index (χ1v) is 10.2. The van der Waals surface area contributed by atoms with Crippen molar-refractivity contribution in [2.75, 3.05) is 19.6 Å². The molecule has 0 radical (unpaired) electrons. The summed E-state index contributed by atoms with van der Waals surface area (Å²) in [5, 5.41) is 12.1. The van der Waals surface area contributed by atoms with Crippen LogP contribution in [0.1, 0.15) is 28.1 Å². The second-order valence-electron chi connectivity index (χ2n) is 6.57. The lowest BCUT2D eigenvalue weighted by Gasteiger charge is -2.44. The Kier molecular flexibility index (Phi) is 4.80. The highest BCUT2D eigenvalue weighted by atomic mass is 32.2. The van der Waals surface area contributed by atoms with Crippen molar-refractivity contribution in [2.45, 2.75) is 28.0 Å². The highest BCUT2D eigenvalue weighted by molar-refractivity contribution is 8.01. The summed E-state index contributed by atoms with van der Waals surface area (Å²) in [6.07, 6.45) is 2.40. The third-order valence-corrected chi connectivity index (χ3v) is 7.13. The van der Waals surface area contributed by atoms with Crippen LogP contribution in [0.25, 0.3) is 0 Å². The first-order valence-electron chi connectivity index (χ1n) is 8.52. The molecule has 3 aliphatic rings. The minimum absolute atomic E-state index is 0.0261. The van der Waals surface area contributed by atoms with Crippen LogP contribution in [-0.4, -0.2) is 36.5 Å². The number of hydrogen-bond donors (Lipinski definition) is 1. The van der Waals surface area contributed by atoms with Gasteiger partial charge in [0.15, 0.2) is 0 Å². The highest BCUT2D eigenvalue weighted by Crippen LogP contribution is 2.33. The van der Waals surface area contributed by atoms with Gasteiger partial charge in [0, 0.05) is 23.0 Å². The zero-order valence-corrected chi connectivity index (χ0v) is 15.4. The number of carbonyl (C=O) groups is 1. The summed E-state index contributed by atoms with van der Waals surface area (Å²) >= 11 is 3.10. The number of rotatable bonds is 4. The SMILES string of the molecule is N#Cc1ccc(Sc2ccc(C(=O)NC3CN4CCC3CC4)cc2)s1. The smallest absolute Gasteiger partial charge is 0.251 e. The van der Waals surface area contributed by atoms with Crippen LogP contribution in [0.5, 0.6) is 0 Å². The van der Waals surface area contributed by atoms with Gasteiger partial charge in [0.1, 0.15) is 10.9 Å². The number of carbonyl (C=O) groups excluding carboxylic acids is 1. The van der Waals surface area contributed by atoms with E-state index in [0.717, 1.165) is 20.5 Å². The Balaban J connectivity index is 1.38. The molecule has 3 saturated heterocycles. The van der Waals surface area contributed by atoms with Gasteiger partial charge < -0.3 is 10.2 Å². The first-order chi connectivity index (χ1) is 12.2. The van der Waals surface area contributed by atoms with E-state index >= 15 is 0 Å². The fraction of sp³-hybridized carbons (Fsp3) is 0.368. The van der Waals surface area contributed by atoms with Gasteiger partial charge in [0.25, 0.3) is 5.91 Å². The van der Waals surface area contributed by atoms with E-state index in [1.54, 1.807) is 11.8 Å². The van der Waals surface area contributed by atoms with Gasteiger partial charge in [0.05, 0.1) is 4.21 Å². The van der Waals surface area contributed by atoms with Crippen molar-refractivity contribution < 1.29 is 4.79 Å². The van der Waals surface area contributed by atoms with Crippen molar-refractivity contribution >= 4 is 29.0 Å². The van der Waals surface area contributed by atoms with Crippen LogP contribution in [0.4, 0.5) is 0 Å². The highest BCUT2D eigenvalue weighted by Gasteiger charge is 2.34. The normalized spacial score (nSPS) is 24.7. The number of thiophene rings is 1. The van der Waals surface area contributed by atoms with E-state index in [1.165, 1.54) is 37.3 Å². The second kappa shape index (κ2) is 7.20. The van der Waals surface area contributed by atoms with Crippen LogP contribution >= 0.6 is 23.1 Å². The summed E-state index contributed by atoms with van der Waals surface area (Å²) in [6.45, 7) is 3.35. The van der Waals surface area contributed by atoms with Crippen LogP contribution in [0.2, 0.25) is 0 Å². The van der Waals surface area contributed by atoms with E-state index < -0.39 is 0 Å². The Morgan fingerprint density at radius 2 is 1.96 bits per heavy atom. The Labute approximate surface area is 155 Å². The molecule has 1 atom stereocenters. The lowest BCUT2D eigenvalue weighted by molar-refractivity contribution is 0.0620. The van der Waals surface area contributed by atoms with Gasteiger partial charge in [-0.2, -0.15) is 5.26 Å². The monoisotopic (exact) mass is 369 g/mol. The molecule has 2 aromatic rings. The summed E-state index contributed by atoms with van der Waals surface area (Å²) in [7, 11) is 0. The molecule has 1 N–H and O–H groups in total. The van der Waals surface area contributed by atoms with Crippen LogP contribution in [0.15, 0.2) is 45.5 Å². The third kappa shape index (κ3) is 3.74. The number of amides is 1. The topological polar surface area (TPSA) is 56.1 Å².